The SMILES string of the molecule is ClCCCCCCCCCCCC=CCP(I)(c1ccccc1)(c1ccccc1)c1ccccc1. The molecule has 0 spiro atoms. The number of allylic oxidation sites excluding steroid dienone is 2. The summed E-state index contributed by atoms with van der Waals surface area (Å²) in [4.78, 5) is 0. The third kappa shape index (κ3) is 7.67. The molecule has 0 fully saturated rings. The first-order chi connectivity index (χ1) is 17.2. The van der Waals surface area contributed by atoms with E-state index in [1.54, 1.807) is 0 Å². The molecule has 0 bridgehead atoms. The Morgan fingerprint density at radius 2 is 0.886 bits per heavy atom. The van der Waals surface area contributed by atoms with Crippen LogP contribution in [0.15, 0.2) is 103 Å². The number of hydrogen-bond donors (Lipinski definition) is 0. The van der Waals surface area contributed by atoms with Gasteiger partial charge >= 0.3 is 209 Å². The van der Waals surface area contributed by atoms with E-state index in [9.17, 15) is 0 Å². The molecule has 0 saturated heterocycles. The molecule has 0 atom stereocenters. The molecule has 3 aromatic carbocycles. The van der Waals surface area contributed by atoms with Crippen molar-refractivity contribution < 1.29 is 0 Å². The van der Waals surface area contributed by atoms with Crippen LogP contribution in [0.25, 0.3) is 0 Å². The van der Waals surface area contributed by atoms with E-state index in [1.807, 2.05) is 0 Å². The average molecular weight is 619 g/mol. The van der Waals surface area contributed by atoms with Crippen LogP contribution in [0, 0.1) is 0 Å². The van der Waals surface area contributed by atoms with Crippen LogP contribution >= 0.6 is 37.9 Å². The van der Waals surface area contributed by atoms with Crippen LogP contribution < -0.4 is 15.9 Å². The van der Waals surface area contributed by atoms with Gasteiger partial charge in [0.15, 0.2) is 0 Å². The summed E-state index contributed by atoms with van der Waals surface area (Å²) in [6.45, 7) is 0. The Labute approximate surface area is 232 Å². The van der Waals surface area contributed by atoms with Crippen molar-refractivity contribution in [1.82, 2.24) is 0 Å². The predicted octanol–water partition coefficient (Wildman–Crippen LogP) is 9.56. The molecule has 0 aliphatic carbocycles. The van der Waals surface area contributed by atoms with Crippen LogP contribution in [0.1, 0.15) is 64.2 Å². The van der Waals surface area contributed by atoms with Gasteiger partial charge in [-0.05, 0) is 6.42 Å². The zero-order chi connectivity index (χ0) is 24.7. The molecule has 0 aliphatic heterocycles. The number of unbranched alkanes of at least 4 members (excludes halogenated alkanes) is 9. The number of rotatable bonds is 16. The minimum absolute atomic E-state index is 0.816. The first-order valence-corrected chi connectivity index (χ1v) is 19.0. The summed E-state index contributed by atoms with van der Waals surface area (Å²) in [6.07, 6.45) is 19.1. The maximum absolute atomic E-state index is 5.76. The molecule has 0 amide bonds. The molecule has 3 aromatic rings. The summed E-state index contributed by atoms with van der Waals surface area (Å²) in [7, 11) is 0. The van der Waals surface area contributed by atoms with Gasteiger partial charge in [0.2, 0.25) is 0 Å². The van der Waals surface area contributed by atoms with Gasteiger partial charge in [0.1, 0.15) is 0 Å². The molecule has 0 radical (unpaired) electrons. The van der Waals surface area contributed by atoms with Gasteiger partial charge in [-0.1, -0.05) is 0 Å². The molecule has 0 N–H and O–H groups in total. The molecular formula is C32H41ClIP. The number of halogens is 2. The first kappa shape index (κ1) is 28.4. The van der Waals surface area contributed by atoms with Gasteiger partial charge in [0, 0.05) is 5.88 Å². The summed E-state index contributed by atoms with van der Waals surface area (Å²) in [5.41, 5.74) is 0. The number of benzene rings is 3. The fourth-order valence-corrected chi connectivity index (χ4v) is 13.2. The molecule has 0 heterocycles. The number of hydrogen-bond acceptors (Lipinski definition) is 0. The van der Waals surface area contributed by atoms with Crippen LogP contribution in [0.4, 0.5) is 0 Å². The summed E-state index contributed by atoms with van der Waals surface area (Å²) in [5, 5.41) is 4.35. The molecule has 188 valence electrons. The van der Waals surface area contributed by atoms with E-state index in [0.29, 0.717) is 0 Å². The summed E-state index contributed by atoms with van der Waals surface area (Å²) in [6, 6.07) is 33.6. The van der Waals surface area contributed by atoms with Crippen molar-refractivity contribution in [3.8, 4) is 0 Å². The van der Waals surface area contributed by atoms with Gasteiger partial charge in [0.25, 0.3) is 0 Å². The van der Waals surface area contributed by atoms with Crippen molar-refractivity contribution in [3.05, 3.63) is 103 Å². The van der Waals surface area contributed by atoms with Gasteiger partial charge < -0.3 is 0 Å². The second-order valence-corrected chi connectivity index (χ2v) is 20.5. The third-order valence-corrected chi connectivity index (χ3v) is 18.5. The third-order valence-electron chi connectivity index (χ3n) is 7.00. The van der Waals surface area contributed by atoms with E-state index in [-0.39, 0.29) is 0 Å². The Bertz CT molecular complexity index is 888. The average Bonchev–Trinajstić information content (AvgIpc) is 2.93. The van der Waals surface area contributed by atoms with Crippen LogP contribution in [-0.4, -0.2) is 12.0 Å². The van der Waals surface area contributed by atoms with Crippen molar-refractivity contribution in [1.29, 1.82) is 0 Å². The standard InChI is InChI=1S/C32H41ClIP/c33-28-20-9-7-5-3-1-2-4-6-8-10-21-29-35(34,30-22-14-11-15-23-30,31-24-16-12-17-25-31)32-26-18-13-19-27-32/h10-19,21-27H,1-9,20,28-29H2. The van der Waals surface area contributed by atoms with Gasteiger partial charge in [-0.25, -0.2) is 0 Å². The van der Waals surface area contributed by atoms with Crippen LogP contribution in [-0.2, 0) is 0 Å². The van der Waals surface area contributed by atoms with Crippen LogP contribution in [0.3, 0.4) is 0 Å². The van der Waals surface area contributed by atoms with Crippen molar-refractivity contribution >= 4 is 53.8 Å². The van der Waals surface area contributed by atoms with Crippen molar-refractivity contribution in [2.75, 3.05) is 12.0 Å². The van der Waals surface area contributed by atoms with E-state index in [4.69, 9.17) is 11.6 Å². The second kappa shape index (κ2) is 15.2. The monoisotopic (exact) mass is 618 g/mol. The van der Waals surface area contributed by atoms with Gasteiger partial charge in [-0.3, -0.25) is 0 Å². The van der Waals surface area contributed by atoms with E-state index < -0.39 is 4.25 Å². The topological polar surface area (TPSA) is 0 Å². The molecule has 0 aliphatic rings. The zero-order valence-electron chi connectivity index (χ0n) is 21.0. The fraction of sp³-hybridized carbons (Fsp3) is 0.375. The Balaban J connectivity index is 1.67. The first-order valence-electron chi connectivity index (χ1n) is 13.3. The Kier molecular flexibility index (Phi) is 12.3. The Morgan fingerprint density at radius 3 is 1.29 bits per heavy atom. The van der Waals surface area contributed by atoms with Gasteiger partial charge in [0.05, 0.1) is 0 Å². The molecule has 3 heteroatoms. The zero-order valence-corrected chi connectivity index (χ0v) is 24.8. The summed E-state index contributed by atoms with van der Waals surface area (Å²) < 4.78 is -2.66. The Hall–Kier alpha value is -1.15. The molecule has 0 aromatic heterocycles. The quantitative estimate of drug-likeness (QED) is 0.0493. The molecule has 0 saturated carbocycles. The van der Waals surface area contributed by atoms with Crippen LogP contribution in [0.5, 0.6) is 0 Å². The van der Waals surface area contributed by atoms with Gasteiger partial charge in [-0.2, -0.15) is 0 Å². The fourth-order valence-electron chi connectivity index (χ4n) is 4.96. The molecule has 35 heavy (non-hydrogen) atoms. The predicted molar refractivity (Wildman–Crippen MR) is 170 cm³/mol. The molecule has 0 unspecified atom stereocenters. The van der Waals surface area contributed by atoms with E-state index in [0.717, 1.165) is 12.0 Å². The van der Waals surface area contributed by atoms with Crippen molar-refractivity contribution in [3.63, 3.8) is 0 Å². The maximum atomic E-state index is 5.76. The van der Waals surface area contributed by atoms with Crippen molar-refractivity contribution in [2.24, 2.45) is 0 Å². The molecule has 3 rings (SSSR count). The minimum atomic E-state index is -2.66. The number of alkyl halides is 1. The second-order valence-electron chi connectivity index (χ2n) is 9.50. The molecule has 0 nitrogen and oxygen atoms in total. The Morgan fingerprint density at radius 1 is 0.514 bits per heavy atom. The van der Waals surface area contributed by atoms with E-state index in [1.165, 1.54) is 80.1 Å². The summed E-state index contributed by atoms with van der Waals surface area (Å²) in [5.74, 6) is 0.816. The normalized spacial score (nSPS) is 13.0. The van der Waals surface area contributed by atoms with Gasteiger partial charge in [-0.15, -0.1) is 11.6 Å². The van der Waals surface area contributed by atoms with E-state index >= 15 is 0 Å². The van der Waals surface area contributed by atoms with E-state index in [2.05, 4.69) is 125 Å². The summed E-state index contributed by atoms with van der Waals surface area (Å²) >= 11 is 8.63. The molecular weight excluding hydrogens is 578 g/mol. The van der Waals surface area contributed by atoms with Crippen molar-refractivity contribution in [2.45, 2.75) is 64.2 Å². The van der Waals surface area contributed by atoms with Crippen LogP contribution in [0.2, 0.25) is 0 Å².